The number of aryl methyl sites for hydroxylation is 1. The highest BCUT2D eigenvalue weighted by Gasteiger charge is 2.21. The maximum atomic E-state index is 4.56. The van der Waals surface area contributed by atoms with Gasteiger partial charge in [0, 0.05) is 12.1 Å². The Kier molecular flexibility index (Phi) is 2.94. The molecule has 17 heavy (non-hydrogen) atoms. The Morgan fingerprint density at radius 3 is 2.59 bits per heavy atom. The molecular formula is C14H21N3. The quantitative estimate of drug-likeness (QED) is 0.859. The molecule has 2 aromatic rings. The highest BCUT2D eigenvalue weighted by Crippen LogP contribution is 2.28. The second-order valence-corrected chi connectivity index (χ2v) is 5.98. The van der Waals surface area contributed by atoms with E-state index in [9.17, 15) is 0 Å². The maximum Gasteiger partial charge on any atom is 0.177 e. The van der Waals surface area contributed by atoms with Crippen LogP contribution < -0.4 is 0 Å². The van der Waals surface area contributed by atoms with Crippen molar-refractivity contribution >= 4 is 11.2 Å². The van der Waals surface area contributed by atoms with Gasteiger partial charge in [0.2, 0.25) is 0 Å². The first kappa shape index (κ1) is 12.1. The van der Waals surface area contributed by atoms with Crippen molar-refractivity contribution in [2.75, 3.05) is 0 Å². The zero-order valence-electron chi connectivity index (χ0n) is 11.3. The third kappa shape index (κ3) is 2.65. The Morgan fingerprint density at radius 2 is 1.94 bits per heavy atom. The van der Waals surface area contributed by atoms with Gasteiger partial charge in [-0.3, -0.25) is 0 Å². The molecule has 2 rings (SSSR count). The number of hydrogen-bond donors (Lipinski definition) is 1. The van der Waals surface area contributed by atoms with Crippen molar-refractivity contribution in [3.8, 4) is 0 Å². The van der Waals surface area contributed by atoms with E-state index in [2.05, 4.69) is 48.7 Å². The first-order valence-electron chi connectivity index (χ1n) is 6.18. The van der Waals surface area contributed by atoms with Crippen LogP contribution in [0.3, 0.4) is 0 Å². The zero-order chi connectivity index (χ0) is 12.6. The average Bonchev–Trinajstić information content (AvgIpc) is 2.57. The Labute approximate surface area is 103 Å². The van der Waals surface area contributed by atoms with Gasteiger partial charge in [0.15, 0.2) is 5.65 Å². The van der Waals surface area contributed by atoms with Crippen LogP contribution in [0, 0.1) is 18.3 Å². The largest absolute Gasteiger partial charge is 0.341 e. The third-order valence-corrected chi connectivity index (χ3v) is 3.51. The molecule has 2 heterocycles. The van der Waals surface area contributed by atoms with Crippen LogP contribution >= 0.6 is 0 Å². The van der Waals surface area contributed by atoms with Gasteiger partial charge in [-0.1, -0.05) is 27.7 Å². The van der Waals surface area contributed by atoms with Crippen molar-refractivity contribution in [3.63, 3.8) is 0 Å². The molecular weight excluding hydrogens is 210 g/mol. The number of fused-ring (bicyclic) bond motifs is 1. The summed E-state index contributed by atoms with van der Waals surface area (Å²) in [5.41, 5.74) is 3.19. The summed E-state index contributed by atoms with van der Waals surface area (Å²) in [5.74, 6) is 1.63. The minimum atomic E-state index is 0.308. The monoisotopic (exact) mass is 231 g/mol. The molecule has 1 atom stereocenters. The summed E-state index contributed by atoms with van der Waals surface area (Å²) in [6, 6.07) is 4.06. The second kappa shape index (κ2) is 4.13. The van der Waals surface area contributed by atoms with E-state index in [0.29, 0.717) is 11.3 Å². The molecule has 0 radical (unpaired) electrons. The smallest absolute Gasteiger partial charge is 0.177 e. The molecule has 1 N–H and O–H groups in total. The molecule has 1 unspecified atom stereocenters. The number of aromatic amines is 1. The lowest BCUT2D eigenvalue weighted by atomic mass is 9.80. The molecule has 0 saturated carbocycles. The lowest BCUT2D eigenvalue weighted by molar-refractivity contribution is 0.257. The molecule has 0 aliphatic heterocycles. The Hall–Kier alpha value is -1.38. The molecule has 0 aromatic carbocycles. The highest BCUT2D eigenvalue weighted by atomic mass is 15.0. The number of aromatic nitrogens is 3. The van der Waals surface area contributed by atoms with Gasteiger partial charge in [-0.2, -0.15) is 0 Å². The number of rotatable bonds is 2. The van der Waals surface area contributed by atoms with Crippen LogP contribution in [0.2, 0.25) is 0 Å². The summed E-state index contributed by atoms with van der Waals surface area (Å²) in [6.07, 6.45) is 0.971. The fraction of sp³-hybridized carbons (Fsp3) is 0.571. The van der Waals surface area contributed by atoms with Crippen LogP contribution in [0.1, 0.15) is 39.2 Å². The van der Waals surface area contributed by atoms with Crippen molar-refractivity contribution in [1.82, 2.24) is 15.0 Å². The summed E-state index contributed by atoms with van der Waals surface area (Å²) in [5, 5.41) is 0. The minimum Gasteiger partial charge on any atom is -0.341 e. The number of H-pyrrole nitrogens is 1. The van der Waals surface area contributed by atoms with Gasteiger partial charge in [-0.15, -0.1) is 0 Å². The van der Waals surface area contributed by atoms with E-state index < -0.39 is 0 Å². The van der Waals surface area contributed by atoms with E-state index in [0.717, 1.165) is 29.1 Å². The molecule has 0 spiro atoms. The lowest BCUT2D eigenvalue weighted by Gasteiger charge is -2.26. The van der Waals surface area contributed by atoms with E-state index in [4.69, 9.17) is 0 Å². The molecule has 2 aromatic heterocycles. The van der Waals surface area contributed by atoms with E-state index in [1.54, 1.807) is 0 Å². The van der Waals surface area contributed by atoms with E-state index in [1.165, 1.54) is 0 Å². The van der Waals surface area contributed by atoms with Crippen LogP contribution in [0.15, 0.2) is 12.1 Å². The molecule has 92 valence electrons. The molecule has 0 fully saturated rings. The third-order valence-electron chi connectivity index (χ3n) is 3.51. The van der Waals surface area contributed by atoms with Crippen molar-refractivity contribution in [2.24, 2.45) is 11.3 Å². The summed E-state index contributed by atoms with van der Waals surface area (Å²) >= 11 is 0. The first-order chi connectivity index (χ1) is 7.86. The molecule has 0 aliphatic carbocycles. The Balaban J connectivity index is 2.25. The van der Waals surface area contributed by atoms with Crippen LogP contribution in [0.5, 0.6) is 0 Å². The molecule has 3 heteroatoms. The fourth-order valence-electron chi connectivity index (χ4n) is 1.73. The number of nitrogens with one attached hydrogen (secondary N) is 1. The first-order valence-corrected chi connectivity index (χ1v) is 6.18. The topological polar surface area (TPSA) is 41.6 Å². The van der Waals surface area contributed by atoms with Crippen molar-refractivity contribution in [2.45, 2.75) is 41.0 Å². The van der Waals surface area contributed by atoms with Crippen molar-refractivity contribution < 1.29 is 0 Å². The highest BCUT2D eigenvalue weighted by molar-refractivity contribution is 5.70. The van der Waals surface area contributed by atoms with E-state index >= 15 is 0 Å². The lowest BCUT2D eigenvalue weighted by Crippen LogP contribution is -2.19. The Bertz CT molecular complexity index is 520. The number of imidazole rings is 1. The standard InChI is InChI=1S/C14H21N3/c1-9(14(3,4)5)8-12-16-11-7-6-10(2)15-13(11)17-12/h6-7,9H,8H2,1-5H3,(H,15,16,17). The van der Waals surface area contributed by atoms with Gasteiger partial charge in [-0.25, -0.2) is 9.97 Å². The Morgan fingerprint density at radius 1 is 1.24 bits per heavy atom. The van der Waals surface area contributed by atoms with E-state index in [1.807, 2.05) is 13.0 Å². The second-order valence-electron chi connectivity index (χ2n) is 5.98. The predicted octanol–water partition coefficient (Wildman–Crippen LogP) is 3.49. The normalized spacial score (nSPS) is 14.2. The number of nitrogens with zero attached hydrogens (tertiary/aromatic N) is 2. The zero-order valence-corrected chi connectivity index (χ0v) is 11.3. The average molecular weight is 231 g/mol. The molecule has 3 nitrogen and oxygen atoms in total. The van der Waals surface area contributed by atoms with Gasteiger partial charge in [-0.05, 0) is 30.4 Å². The van der Waals surface area contributed by atoms with E-state index in [-0.39, 0.29) is 0 Å². The summed E-state index contributed by atoms with van der Waals surface area (Å²) in [7, 11) is 0. The minimum absolute atomic E-state index is 0.308. The molecule has 0 aliphatic rings. The van der Waals surface area contributed by atoms with Gasteiger partial charge < -0.3 is 4.98 Å². The van der Waals surface area contributed by atoms with Gasteiger partial charge in [0.1, 0.15) is 5.82 Å². The van der Waals surface area contributed by atoms with Crippen molar-refractivity contribution in [3.05, 3.63) is 23.7 Å². The summed E-state index contributed by atoms with van der Waals surface area (Å²) < 4.78 is 0. The van der Waals surface area contributed by atoms with Gasteiger partial charge in [0.25, 0.3) is 0 Å². The summed E-state index contributed by atoms with van der Waals surface area (Å²) in [6.45, 7) is 11.1. The van der Waals surface area contributed by atoms with Crippen LogP contribution in [0.25, 0.3) is 11.2 Å². The molecule has 0 amide bonds. The fourth-order valence-corrected chi connectivity index (χ4v) is 1.73. The summed E-state index contributed by atoms with van der Waals surface area (Å²) in [4.78, 5) is 12.3. The number of hydrogen-bond acceptors (Lipinski definition) is 2. The number of pyridine rings is 1. The van der Waals surface area contributed by atoms with Crippen molar-refractivity contribution in [1.29, 1.82) is 0 Å². The molecule has 0 bridgehead atoms. The van der Waals surface area contributed by atoms with Gasteiger partial charge in [0.05, 0.1) is 5.52 Å². The van der Waals surface area contributed by atoms with Crippen LogP contribution in [0.4, 0.5) is 0 Å². The predicted molar refractivity (Wildman–Crippen MR) is 70.9 cm³/mol. The SMILES string of the molecule is Cc1ccc2[nH]c(CC(C)C(C)(C)C)nc2n1. The maximum absolute atomic E-state index is 4.56. The molecule has 0 saturated heterocycles. The van der Waals surface area contributed by atoms with Crippen LogP contribution in [-0.4, -0.2) is 15.0 Å². The van der Waals surface area contributed by atoms with Crippen LogP contribution in [-0.2, 0) is 6.42 Å². The van der Waals surface area contributed by atoms with Gasteiger partial charge >= 0.3 is 0 Å².